The van der Waals surface area contributed by atoms with E-state index in [0.29, 0.717) is 40.0 Å². The molecule has 10 heteroatoms. The first-order valence-corrected chi connectivity index (χ1v) is 11.0. The Balaban J connectivity index is 1.67. The second-order valence-corrected chi connectivity index (χ2v) is 8.51. The number of ether oxygens (including phenoxy) is 2. The second kappa shape index (κ2) is 9.80. The highest BCUT2D eigenvalue weighted by atomic mass is 32.1. The number of benzene rings is 2. The molecule has 3 N–H and O–H groups in total. The number of methoxy groups -OCH3 is 1. The average Bonchev–Trinajstić information content (AvgIpc) is 3.24. The number of nitrogens with two attached hydrogens (primary N) is 1. The fraction of sp³-hybridized carbons (Fsp3) is 0.217. The number of carbonyl (C=O) groups is 1. The average molecular weight is 465 g/mol. The number of hydrogen-bond donors (Lipinski definition) is 2. The van der Waals surface area contributed by atoms with Crippen LogP contribution in [0.3, 0.4) is 0 Å². The van der Waals surface area contributed by atoms with E-state index in [9.17, 15) is 4.79 Å². The minimum atomic E-state index is -0.298. The predicted octanol–water partition coefficient (Wildman–Crippen LogP) is 3.54. The largest absolute Gasteiger partial charge is 0.497 e. The van der Waals surface area contributed by atoms with Crippen molar-refractivity contribution in [1.82, 2.24) is 19.9 Å². The molecule has 2 heterocycles. The van der Waals surface area contributed by atoms with Gasteiger partial charge < -0.3 is 25.4 Å². The summed E-state index contributed by atoms with van der Waals surface area (Å²) in [6.45, 7) is 1.21. The number of fused-ring (bicyclic) bond motifs is 1. The van der Waals surface area contributed by atoms with Gasteiger partial charge in [0, 0.05) is 24.0 Å². The Bertz CT molecular complexity index is 1270. The van der Waals surface area contributed by atoms with E-state index in [0.717, 1.165) is 16.8 Å². The third-order valence-electron chi connectivity index (χ3n) is 4.77. The van der Waals surface area contributed by atoms with E-state index in [-0.39, 0.29) is 11.9 Å². The first kappa shape index (κ1) is 22.4. The van der Waals surface area contributed by atoms with Crippen molar-refractivity contribution in [3.05, 3.63) is 53.7 Å². The van der Waals surface area contributed by atoms with Gasteiger partial charge in [-0.05, 0) is 56.6 Å². The summed E-state index contributed by atoms with van der Waals surface area (Å²) in [5.41, 5.74) is 8.52. The van der Waals surface area contributed by atoms with Gasteiger partial charge in [-0.15, -0.1) is 11.3 Å². The minimum absolute atomic E-state index is 0.187. The molecule has 4 rings (SSSR count). The van der Waals surface area contributed by atoms with Crippen molar-refractivity contribution >= 4 is 39.1 Å². The molecule has 9 nitrogen and oxygen atoms in total. The molecule has 33 heavy (non-hydrogen) atoms. The molecule has 0 saturated heterocycles. The van der Waals surface area contributed by atoms with Crippen LogP contribution in [-0.4, -0.2) is 60.1 Å². The highest BCUT2D eigenvalue weighted by Crippen LogP contribution is 2.35. The van der Waals surface area contributed by atoms with Crippen molar-refractivity contribution in [3.63, 3.8) is 0 Å². The zero-order chi connectivity index (χ0) is 23.4. The number of carbonyl (C=O) groups excluding carboxylic acids is 1. The summed E-state index contributed by atoms with van der Waals surface area (Å²) in [5.74, 6) is 1.19. The van der Waals surface area contributed by atoms with Crippen LogP contribution in [0.15, 0.2) is 48.7 Å². The molecule has 2 aromatic heterocycles. The Kier molecular flexibility index (Phi) is 6.66. The Morgan fingerprint density at radius 1 is 1.15 bits per heavy atom. The molecule has 0 radical (unpaired) electrons. The first-order chi connectivity index (χ1) is 15.9. The molecule has 1 amide bonds. The van der Waals surface area contributed by atoms with Gasteiger partial charge in [-0.3, -0.25) is 4.79 Å². The summed E-state index contributed by atoms with van der Waals surface area (Å²) >= 11 is 1.29. The van der Waals surface area contributed by atoms with Crippen LogP contribution in [0.25, 0.3) is 21.5 Å². The number of rotatable bonds is 8. The van der Waals surface area contributed by atoms with Crippen LogP contribution in [0.5, 0.6) is 11.5 Å². The van der Waals surface area contributed by atoms with E-state index < -0.39 is 0 Å². The SMILES string of the molecule is COc1ccc(NC(=O)c2nc3c(OCCN(C)C)cc(-c4ccnc(N)n4)cc3s2)cc1. The Morgan fingerprint density at radius 3 is 2.64 bits per heavy atom. The number of nitrogens with one attached hydrogen (secondary N) is 1. The highest BCUT2D eigenvalue weighted by molar-refractivity contribution is 7.20. The van der Waals surface area contributed by atoms with Gasteiger partial charge in [0.1, 0.15) is 23.6 Å². The number of anilines is 2. The summed E-state index contributed by atoms with van der Waals surface area (Å²) in [4.78, 5) is 27.7. The summed E-state index contributed by atoms with van der Waals surface area (Å²) in [5, 5.41) is 3.20. The molecule has 0 unspecified atom stereocenters. The molecule has 0 aliphatic heterocycles. The molecule has 0 saturated carbocycles. The van der Waals surface area contributed by atoms with Gasteiger partial charge in [-0.2, -0.15) is 0 Å². The van der Waals surface area contributed by atoms with Crippen molar-refractivity contribution in [2.75, 3.05) is 45.4 Å². The molecule has 170 valence electrons. The standard InChI is InChI=1S/C23H24N6O3S/c1-29(2)10-11-32-18-12-14(17-8-9-25-23(24)27-17)13-19-20(18)28-22(33-19)21(30)26-15-4-6-16(31-3)7-5-15/h4-9,12-13H,10-11H2,1-3H3,(H,26,30)(H2,24,25,27). The fourth-order valence-electron chi connectivity index (χ4n) is 3.09. The van der Waals surface area contributed by atoms with E-state index >= 15 is 0 Å². The molecular weight excluding hydrogens is 440 g/mol. The number of amides is 1. The third-order valence-corrected chi connectivity index (χ3v) is 5.77. The summed E-state index contributed by atoms with van der Waals surface area (Å²) in [6, 6.07) is 12.7. The summed E-state index contributed by atoms with van der Waals surface area (Å²) in [6.07, 6.45) is 1.61. The van der Waals surface area contributed by atoms with Crippen LogP contribution in [0.2, 0.25) is 0 Å². The number of nitrogen functional groups attached to an aromatic ring is 1. The number of aromatic nitrogens is 3. The molecule has 4 aromatic rings. The van der Waals surface area contributed by atoms with E-state index in [1.807, 2.05) is 31.1 Å². The quantitative estimate of drug-likeness (QED) is 0.407. The Labute approximate surface area is 195 Å². The Morgan fingerprint density at radius 2 is 1.94 bits per heavy atom. The molecule has 0 atom stereocenters. The van der Waals surface area contributed by atoms with Crippen molar-refractivity contribution < 1.29 is 14.3 Å². The molecule has 2 aromatic carbocycles. The number of hydrogen-bond acceptors (Lipinski definition) is 9. The van der Waals surface area contributed by atoms with E-state index in [1.54, 1.807) is 43.6 Å². The monoisotopic (exact) mass is 464 g/mol. The van der Waals surface area contributed by atoms with Gasteiger partial charge in [0.15, 0.2) is 5.01 Å². The maximum atomic E-state index is 12.9. The van der Waals surface area contributed by atoms with Crippen molar-refractivity contribution in [1.29, 1.82) is 0 Å². The third kappa shape index (κ3) is 5.36. The van der Waals surface area contributed by atoms with E-state index in [1.165, 1.54) is 11.3 Å². The van der Waals surface area contributed by atoms with Gasteiger partial charge in [0.05, 0.1) is 17.5 Å². The molecule has 0 fully saturated rings. The maximum absolute atomic E-state index is 12.9. The number of likely N-dealkylation sites (N-methyl/N-ethyl adjacent to an activating group) is 1. The topological polar surface area (TPSA) is 115 Å². The number of nitrogens with zero attached hydrogens (tertiary/aromatic N) is 4. The smallest absolute Gasteiger partial charge is 0.284 e. The lowest BCUT2D eigenvalue weighted by atomic mass is 10.1. The minimum Gasteiger partial charge on any atom is -0.497 e. The molecular formula is C23H24N6O3S. The zero-order valence-electron chi connectivity index (χ0n) is 18.5. The van der Waals surface area contributed by atoms with Crippen LogP contribution < -0.4 is 20.5 Å². The van der Waals surface area contributed by atoms with Crippen molar-refractivity contribution in [2.45, 2.75) is 0 Å². The highest BCUT2D eigenvalue weighted by Gasteiger charge is 2.18. The lowest BCUT2D eigenvalue weighted by molar-refractivity contribution is 0.102. The fourth-order valence-corrected chi connectivity index (χ4v) is 4.00. The molecule has 0 spiro atoms. The molecule has 0 aliphatic carbocycles. The maximum Gasteiger partial charge on any atom is 0.284 e. The Hall–Kier alpha value is -3.76. The van der Waals surface area contributed by atoms with Crippen molar-refractivity contribution in [2.24, 2.45) is 0 Å². The van der Waals surface area contributed by atoms with Gasteiger partial charge in [-0.1, -0.05) is 0 Å². The van der Waals surface area contributed by atoms with E-state index in [2.05, 4.69) is 20.3 Å². The summed E-state index contributed by atoms with van der Waals surface area (Å²) < 4.78 is 12.0. The second-order valence-electron chi connectivity index (χ2n) is 7.47. The summed E-state index contributed by atoms with van der Waals surface area (Å²) in [7, 11) is 5.55. The van der Waals surface area contributed by atoms with Crippen LogP contribution >= 0.6 is 11.3 Å². The van der Waals surface area contributed by atoms with Crippen LogP contribution in [0.1, 0.15) is 9.80 Å². The number of thiazole rings is 1. The first-order valence-electron chi connectivity index (χ1n) is 10.2. The van der Waals surface area contributed by atoms with Gasteiger partial charge >= 0.3 is 0 Å². The van der Waals surface area contributed by atoms with Crippen LogP contribution in [-0.2, 0) is 0 Å². The van der Waals surface area contributed by atoms with Crippen molar-refractivity contribution in [3.8, 4) is 22.8 Å². The lowest BCUT2D eigenvalue weighted by Gasteiger charge is -2.12. The predicted molar refractivity (Wildman–Crippen MR) is 130 cm³/mol. The van der Waals surface area contributed by atoms with E-state index in [4.69, 9.17) is 15.2 Å². The lowest BCUT2D eigenvalue weighted by Crippen LogP contribution is -2.19. The zero-order valence-corrected chi connectivity index (χ0v) is 19.3. The normalized spacial score (nSPS) is 11.0. The van der Waals surface area contributed by atoms with Gasteiger partial charge in [0.25, 0.3) is 5.91 Å². The van der Waals surface area contributed by atoms with Gasteiger partial charge in [0.2, 0.25) is 5.95 Å². The molecule has 0 aliphatic rings. The van der Waals surface area contributed by atoms with Gasteiger partial charge in [-0.25, -0.2) is 15.0 Å². The van der Waals surface area contributed by atoms with Crippen LogP contribution in [0.4, 0.5) is 11.6 Å². The van der Waals surface area contributed by atoms with Crippen LogP contribution in [0, 0.1) is 0 Å². The molecule has 0 bridgehead atoms.